The summed E-state index contributed by atoms with van der Waals surface area (Å²) in [5, 5.41) is 4.64. The quantitative estimate of drug-likeness (QED) is 0.156. The van der Waals surface area contributed by atoms with E-state index in [1.165, 1.54) is 41.7 Å². The van der Waals surface area contributed by atoms with Gasteiger partial charge in [0.15, 0.2) is 0 Å². The Labute approximate surface area is 399 Å². The zero-order chi connectivity index (χ0) is 44.0. The van der Waals surface area contributed by atoms with Gasteiger partial charge in [0.1, 0.15) is 11.6 Å². The molecule has 0 fully saturated rings. The first-order valence-corrected chi connectivity index (χ1v) is 23.4. The number of thiophene rings is 2. The van der Waals surface area contributed by atoms with E-state index in [-0.39, 0.29) is 31.9 Å². The molecular formula is C57H50N4PtS2. The molecule has 10 rings (SSSR count). The minimum absolute atomic E-state index is 0. The van der Waals surface area contributed by atoms with Crippen LogP contribution in [0.5, 0.6) is 0 Å². The van der Waals surface area contributed by atoms with E-state index in [0.29, 0.717) is 11.6 Å². The SMILES string of the molecule is Cc1cccc(C)c1-c1cc(-c2[c-]cccc2)nc(C(C)(C)c2nc(-c3[c-]c4ccccc4c4c(-c5ccccc5)c(C(C)(C)C)sc34)c3sc4ccc(C(C)(C)C)cc4c3n2)n1.[Pt+2]. The fourth-order valence-electron chi connectivity index (χ4n) is 8.86. The molecule has 0 amide bonds. The largest absolute Gasteiger partial charge is 2.00 e. The number of aryl methyl sites for hydroxylation is 2. The third kappa shape index (κ3) is 7.52. The van der Waals surface area contributed by atoms with E-state index in [2.05, 4.69) is 184 Å². The molecule has 0 aliphatic rings. The van der Waals surface area contributed by atoms with Crippen LogP contribution < -0.4 is 0 Å². The van der Waals surface area contributed by atoms with E-state index in [9.17, 15) is 0 Å². The van der Waals surface area contributed by atoms with Crippen molar-refractivity contribution in [2.45, 2.75) is 85.5 Å². The van der Waals surface area contributed by atoms with Crippen molar-refractivity contribution in [3.8, 4) is 44.9 Å². The van der Waals surface area contributed by atoms with Crippen LogP contribution in [0.2, 0.25) is 0 Å². The molecule has 64 heavy (non-hydrogen) atoms. The number of rotatable bonds is 6. The average molecular weight is 1050 g/mol. The summed E-state index contributed by atoms with van der Waals surface area (Å²) in [6.07, 6.45) is 0. The molecule has 4 heterocycles. The second-order valence-electron chi connectivity index (χ2n) is 19.4. The van der Waals surface area contributed by atoms with Crippen molar-refractivity contribution in [1.82, 2.24) is 19.9 Å². The smallest absolute Gasteiger partial charge is 0.282 e. The summed E-state index contributed by atoms with van der Waals surface area (Å²) in [5.74, 6) is 1.32. The van der Waals surface area contributed by atoms with E-state index in [1.807, 2.05) is 29.5 Å². The summed E-state index contributed by atoms with van der Waals surface area (Å²) in [6, 6.07) is 50.5. The van der Waals surface area contributed by atoms with Crippen LogP contribution in [0, 0.1) is 26.0 Å². The summed E-state index contributed by atoms with van der Waals surface area (Å²) in [4.78, 5) is 23.5. The predicted octanol–water partition coefficient (Wildman–Crippen LogP) is 15.8. The number of hydrogen-bond donors (Lipinski definition) is 0. The van der Waals surface area contributed by atoms with Gasteiger partial charge in [0.25, 0.3) is 0 Å². The maximum Gasteiger partial charge on any atom is 2.00 e. The van der Waals surface area contributed by atoms with Crippen LogP contribution in [0.25, 0.3) is 86.1 Å². The second-order valence-corrected chi connectivity index (χ2v) is 21.5. The van der Waals surface area contributed by atoms with Gasteiger partial charge in [-0.15, -0.1) is 64.8 Å². The standard InChI is InChI=1S/C57H50N4S2.Pt/c1-33-20-19-21-34(2)45(33)43-32-42(35-22-13-11-14-23-35)58-53(59-43)57(9,10)54-60-48-40-31-38(55(3,4)5)28-29-44(40)62-51(48)49(61-54)41-30-37-26-17-18-27-39(37)47-46(36-24-15-12-16-25-36)52(56(6,7)8)63-50(41)47;/h11-22,24-29,31-32H,1-10H3;/q-2;+2. The maximum absolute atomic E-state index is 5.74. The molecule has 0 bridgehead atoms. The van der Waals surface area contributed by atoms with Crippen molar-refractivity contribution in [3.05, 3.63) is 167 Å². The van der Waals surface area contributed by atoms with Crippen molar-refractivity contribution < 1.29 is 21.1 Å². The van der Waals surface area contributed by atoms with Crippen molar-refractivity contribution in [1.29, 1.82) is 0 Å². The van der Waals surface area contributed by atoms with E-state index in [4.69, 9.17) is 19.9 Å². The maximum atomic E-state index is 5.74. The molecule has 0 aliphatic carbocycles. The van der Waals surface area contributed by atoms with Gasteiger partial charge in [-0.2, -0.15) is 11.3 Å². The minimum atomic E-state index is -0.827. The molecule has 10 aromatic rings. The summed E-state index contributed by atoms with van der Waals surface area (Å²) in [7, 11) is 0. The molecule has 0 unspecified atom stereocenters. The molecule has 6 aromatic carbocycles. The third-order valence-electron chi connectivity index (χ3n) is 12.3. The number of aromatic nitrogens is 4. The summed E-state index contributed by atoms with van der Waals surface area (Å²) < 4.78 is 3.42. The Balaban J connectivity index is 0.00000518. The monoisotopic (exact) mass is 1050 g/mol. The minimum Gasteiger partial charge on any atom is -0.282 e. The van der Waals surface area contributed by atoms with Crippen LogP contribution in [0.3, 0.4) is 0 Å². The number of benzene rings is 6. The Morgan fingerprint density at radius 1 is 0.562 bits per heavy atom. The van der Waals surface area contributed by atoms with Crippen molar-refractivity contribution >= 4 is 63.8 Å². The molecule has 0 atom stereocenters. The Kier molecular flexibility index (Phi) is 11.1. The van der Waals surface area contributed by atoms with Crippen LogP contribution in [-0.2, 0) is 37.3 Å². The first-order chi connectivity index (χ1) is 30.1. The van der Waals surface area contributed by atoms with Gasteiger partial charge in [-0.25, -0.2) is 9.97 Å². The Hall–Kier alpha value is -5.39. The van der Waals surface area contributed by atoms with Crippen LogP contribution >= 0.6 is 22.7 Å². The zero-order valence-electron chi connectivity index (χ0n) is 38.0. The Morgan fingerprint density at radius 3 is 1.95 bits per heavy atom. The van der Waals surface area contributed by atoms with Crippen molar-refractivity contribution in [2.75, 3.05) is 0 Å². The number of nitrogens with zero attached hydrogens (tertiary/aromatic N) is 4. The van der Waals surface area contributed by atoms with Gasteiger partial charge in [0.05, 0.1) is 16.6 Å². The van der Waals surface area contributed by atoms with Gasteiger partial charge < -0.3 is 0 Å². The van der Waals surface area contributed by atoms with Crippen LogP contribution in [0.15, 0.2) is 121 Å². The van der Waals surface area contributed by atoms with Gasteiger partial charge in [-0.1, -0.05) is 137 Å². The summed E-state index contributed by atoms with van der Waals surface area (Å²) in [6.45, 7) is 22.4. The molecule has 0 saturated carbocycles. The van der Waals surface area contributed by atoms with Gasteiger partial charge >= 0.3 is 21.1 Å². The molecule has 320 valence electrons. The van der Waals surface area contributed by atoms with Crippen LogP contribution in [0.1, 0.15) is 88.6 Å². The Bertz CT molecular complexity index is 3390. The first-order valence-electron chi connectivity index (χ1n) is 21.7. The molecule has 7 heteroatoms. The molecule has 0 radical (unpaired) electrons. The fourth-order valence-corrected chi connectivity index (χ4v) is 11.4. The molecule has 0 N–H and O–H groups in total. The number of hydrogen-bond acceptors (Lipinski definition) is 6. The zero-order valence-corrected chi connectivity index (χ0v) is 41.9. The van der Waals surface area contributed by atoms with Crippen molar-refractivity contribution in [3.63, 3.8) is 0 Å². The van der Waals surface area contributed by atoms with Gasteiger partial charge in [-0.05, 0) is 88.9 Å². The normalized spacial score (nSPS) is 12.4. The summed E-state index contributed by atoms with van der Waals surface area (Å²) >= 11 is 3.65. The molecule has 4 aromatic heterocycles. The van der Waals surface area contributed by atoms with E-state index in [1.54, 1.807) is 11.3 Å². The first kappa shape index (κ1) is 43.8. The molecule has 0 spiro atoms. The molecular weight excluding hydrogens is 1000 g/mol. The van der Waals surface area contributed by atoms with Gasteiger partial charge in [0, 0.05) is 30.9 Å². The van der Waals surface area contributed by atoms with Crippen LogP contribution in [0.4, 0.5) is 0 Å². The van der Waals surface area contributed by atoms with E-state index in [0.717, 1.165) is 65.9 Å². The Morgan fingerprint density at radius 2 is 1.25 bits per heavy atom. The van der Waals surface area contributed by atoms with Crippen LogP contribution in [-0.4, -0.2) is 19.9 Å². The molecule has 4 nitrogen and oxygen atoms in total. The topological polar surface area (TPSA) is 51.6 Å². The molecule has 0 aliphatic heterocycles. The van der Waals surface area contributed by atoms with E-state index >= 15 is 0 Å². The number of fused-ring (bicyclic) bond motifs is 6. The average Bonchev–Trinajstić information content (AvgIpc) is 3.86. The summed E-state index contributed by atoms with van der Waals surface area (Å²) in [5.41, 5.74) is 11.7. The predicted molar refractivity (Wildman–Crippen MR) is 268 cm³/mol. The van der Waals surface area contributed by atoms with Gasteiger partial charge in [0.2, 0.25) is 0 Å². The second kappa shape index (κ2) is 16.2. The molecule has 0 saturated heterocycles. The fraction of sp³-hybridized carbons (Fsp3) is 0.228. The van der Waals surface area contributed by atoms with E-state index < -0.39 is 5.41 Å². The van der Waals surface area contributed by atoms with Crippen molar-refractivity contribution in [2.24, 2.45) is 0 Å². The third-order valence-corrected chi connectivity index (χ3v) is 15.1. The van der Waals surface area contributed by atoms with Gasteiger partial charge in [-0.3, -0.25) is 9.97 Å².